The zero-order valence-corrected chi connectivity index (χ0v) is 11.9. The maximum atomic E-state index is 10.9. The second kappa shape index (κ2) is 5.83. The van der Waals surface area contributed by atoms with E-state index >= 15 is 0 Å². The van der Waals surface area contributed by atoms with E-state index in [9.17, 15) is 4.79 Å². The molecule has 0 unspecified atom stereocenters. The molecule has 20 heavy (non-hydrogen) atoms. The van der Waals surface area contributed by atoms with Gasteiger partial charge in [0.25, 0.3) is 0 Å². The standard InChI is InChI=1S/C14H18N4O2/c1-10-11(7-15-18(10)3)8-17(2)9-12-5-4-6-13(16-12)14(19)20/h4-7H,8-9H2,1-3H3,(H,19,20). The Bertz CT molecular complexity index is 621. The minimum absolute atomic E-state index is 0.0773. The van der Waals surface area contributed by atoms with Crippen molar-refractivity contribution < 1.29 is 9.90 Å². The van der Waals surface area contributed by atoms with E-state index in [-0.39, 0.29) is 5.69 Å². The summed E-state index contributed by atoms with van der Waals surface area (Å²) in [5, 5.41) is 13.1. The first-order chi connectivity index (χ1) is 9.47. The Morgan fingerprint density at radius 1 is 1.40 bits per heavy atom. The Labute approximate surface area is 117 Å². The van der Waals surface area contributed by atoms with Gasteiger partial charge in [0.2, 0.25) is 0 Å². The second-order valence-corrected chi connectivity index (χ2v) is 4.87. The molecule has 2 aromatic heterocycles. The number of aryl methyl sites for hydroxylation is 1. The summed E-state index contributed by atoms with van der Waals surface area (Å²) in [6.07, 6.45) is 1.85. The lowest BCUT2D eigenvalue weighted by molar-refractivity contribution is 0.0690. The molecule has 2 heterocycles. The first kappa shape index (κ1) is 14.2. The van der Waals surface area contributed by atoms with Crippen LogP contribution in [0, 0.1) is 6.92 Å². The number of carboxylic acids is 1. The molecule has 0 saturated heterocycles. The van der Waals surface area contributed by atoms with E-state index in [4.69, 9.17) is 5.11 Å². The molecule has 0 saturated carbocycles. The maximum Gasteiger partial charge on any atom is 0.354 e. The molecule has 0 aromatic carbocycles. The quantitative estimate of drug-likeness (QED) is 0.893. The van der Waals surface area contributed by atoms with Gasteiger partial charge in [0, 0.05) is 31.4 Å². The summed E-state index contributed by atoms with van der Waals surface area (Å²) in [6, 6.07) is 5.05. The first-order valence-corrected chi connectivity index (χ1v) is 6.32. The lowest BCUT2D eigenvalue weighted by Crippen LogP contribution is -2.19. The average Bonchev–Trinajstić information content (AvgIpc) is 2.71. The van der Waals surface area contributed by atoms with Crippen molar-refractivity contribution in [3.05, 3.63) is 47.0 Å². The number of hydrogen-bond acceptors (Lipinski definition) is 4. The van der Waals surface area contributed by atoms with Gasteiger partial charge in [-0.3, -0.25) is 9.58 Å². The minimum atomic E-state index is -1.00. The molecule has 1 N–H and O–H groups in total. The maximum absolute atomic E-state index is 10.9. The van der Waals surface area contributed by atoms with Crippen molar-refractivity contribution in [2.24, 2.45) is 7.05 Å². The van der Waals surface area contributed by atoms with Crippen LogP contribution in [0.2, 0.25) is 0 Å². The Balaban J connectivity index is 2.04. The number of carbonyl (C=O) groups is 1. The molecule has 0 bridgehead atoms. The van der Waals surface area contributed by atoms with Crippen molar-refractivity contribution in [2.45, 2.75) is 20.0 Å². The molecular formula is C14H18N4O2. The first-order valence-electron chi connectivity index (χ1n) is 6.32. The van der Waals surface area contributed by atoms with Crippen LogP contribution < -0.4 is 0 Å². The number of rotatable bonds is 5. The lowest BCUT2D eigenvalue weighted by atomic mass is 10.2. The molecular weight excluding hydrogens is 256 g/mol. The predicted molar refractivity (Wildman–Crippen MR) is 74.3 cm³/mol. The summed E-state index contributed by atoms with van der Waals surface area (Å²) in [6.45, 7) is 3.37. The van der Waals surface area contributed by atoms with Crippen LogP contribution in [0.3, 0.4) is 0 Å². The number of pyridine rings is 1. The number of nitrogens with zero attached hydrogens (tertiary/aromatic N) is 4. The fraction of sp³-hybridized carbons (Fsp3) is 0.357. The van der Waals surface area contributed by atoms with Crippen molar-refractivity contribution in [3.63, 3.8) is 0 Å². The van der Waals surface area contributed by atoms with Gasteiger partial charge in [-0.15, -0.1) is 0 Å². The molecule has 0 fully saturated rings. The average molecular weight is 274 g/mol. The van der Waals surface area contributed by atoms with Crippen molar-refractivity contribution in [1.29, 1.82) is 0 Å². The highest BCUT2D eigenvalue weighted by molar-refractivity contribution is 5.85. The fourth-order valence-electron chi connectivity index (χ4n) is 2.01. The van der Waals surface area contributed by atoms with E-state index in [1.807, 2.05) is 38.0 Å². The number of aromatic nitrogens is 3. The van der Waals surface area contributed by atoms with Crippen LogP contribution in [0.4, 0.5) is 0 Å². The molecule has 6 heteroatoms. The van der Waals surface area contributed by atoms with Gasteiger partial charge >= 0.3 is 5.97 Å². The molecule has 0 amide bonds. The minimum Gasteiger partial charge on any atom is -0.477 e. The normalized spacial score (nSPS) is 11.0. The monoisotopic (exact) mass is 274 g/mol. The molecule has 0 aliphatic carbocycles. The number of hydrogen-bond donors (Lipinski definition) is 1. The Morgan fingerprint density at radius 2 is 2.15 bits per heavy atom. The van der Waals surface area contributed by atoms with Gasteiger partial charge in [-0.1, -0.05) is 6.07 Å². The molecule has 0 aliphatic heterocycles. The van der Waals surface area contributed by atoms with Gasteiger partial charge in [0.1, 0.15) is 5.69 Å². The van der Waals surface area contributed by atoms with Crippen LogP contribution in [0.5, 0.6) is 0 Å². The summed E-state index contributed by atoms with van der Waals surface area (Å²) >= 11 is 0. The summed E-state index contributed by atoms with van der Waals surface area (Å²) in [7, 11) is 3.89. The van der Waals surface area contributed by atoms with Gasteiger partial charge in [-0.2, -0.15) is 5.10 Å². The van der Waals surface area contributed by atoms with Crippen LogP contribution in [-0.4, -0.2) is 37.8 Å². The number of carboxylic acid groups (broad SMARTS) is 1. The SMILES string of the molecule is Cc1c(CN(C)Cc2cccc(C(=O)O)n2)cnn1C. The van der Waals surface area contributed by atoms with Crippen LogP contribution in [0.15, 0.2) is 24.4 Å². The second-order valence-electron chi connectivity index (χ2n) is 4.87. The summed E-state index contributed by atoms with van der Waals surface area (Å²) in [5.41, 5.74) is 3.11. The Morgan fingerprint density at radius 3 is 2.75 bits per heavy atom. The highest BCUT2D eigenvalue weighted by Crippen LogP contribution is 2.10. The molecule has 6 nitrogen and oxygen atoms in total. The van der Waals surface area contributed by atoms with Crippen molar-refractivity contribution in [2.75, 3.05) is 7.05 Å². The van der Waals surface area contributed by atoms with Crippen LogP contribution in [-0.2, 0) is 20.1 Å². The summed E-state index contributed by atoms with van der Waals surface area (Å²) in [5.74, 6) is -1.00. The van der Waals surface area contributed by atoms with E-state index in [1.165, 1.54) is 6.07 Å². The molecule has 0 atom stereocenters. The van der Waals surface area contributed by atoms with Crippen LogP contribution in [0.1, 0.15) is 27.4 Å². The zero-order valence-electron chi connectivity index (χ0n) is 11.9. The fourth-order valence-corrected chi connectivity index (χ4v) is 2.01. The zero-order chi connectivity index (χ0) is 14.7. The van der Waals surface area contributed by atoms with E-state index in [1.54, 1.807) is 6.07 Å². The summed E-state index contributed by atoms with van der Waals surface area (Å²) < 4.78 is 1.84. The highest BCUT2D eigenvalue weighted by Gasteiger charge is 2.10. The van der Waals surface area contributed by atoms with E-state index < -0.39 is 5.97 Å². The van der Waals surface area contributed by atoms with E-state index in [0.717, 1.165) is 23.5 Å². The molecule has 2 rings (SSSR count). The van der Waals surface area contributed by atoms with Gasteiger partial charge < -0.3 is 5.11 Å². The summed E-state index contributed by atoms with van der Waals surface area (Å²) in [4.78, 5) is 17.1. The third-order valence-corrected chi connectivity index (χ3v) is 3.23. The number of aromatic carboxylic acids is 1. The van der Waals surface area contributed by atoms with Crippen LogP contribution >= 0.6 is 0 Å². The lowest BCUT2D eigenvalue weighted by Gasteiger charge is -2.16. The van der Waals surface area contributed by atoms with E-state index in [2.05, 4.69) is 15.0 Å². The molecule has 106 valence electrons. The Kier molecular flexibility index (Phi) is 4.14. The van der Waals surface area contributed by atoms with Gasteiger partial charge in [-0.25, -0.2) is 9.78 Å². The van der Waals surface area contributed by atoms with Gasteiger partial charge in [-0.05, 0) is 26.1 Å². The molecule has 0 radical (unpaired) electrons. The smallest absolute Gasteiger partial charge is 0.354 e. The third-order valence-electron chi connectivity index (χ3n) is 3.23. The van der Waals surface area contributed by atoms with Gasteiger partial charge in [0.15, 0.2) is 0 Å². The topological polar surface area (TPSA) is 71.2 Å². The van der Waals surface area contributed by atoms with Gasteiger partial charge in [0.05, 0.1) is 11.9 Å². The van der Waals surface area contributed by atoms with Crippen LogP contribution in [0.25, 0.3) is 0 Å². The Hall–Kier alpha value is -2.21. The molecule has 0 aliphatic rings. The van der Waals surface area contributed by atoms with Crippen molar-refractivity contribution in [1.82, 2.24) is 19.7 Å². The predicted octanol–water partition coefficient (Wildman–Crippen LogP) is 1.45. The van der Waals surface area contributed by atoms with Crippen molar-refractivity contribution in [3.8, 4) is 0 Å². The highest BCUT2D eigenvalue weighted by atomic mass is 16.4. The van der Waals surface area contributed by atoms with E-state index in [0.29, 0.717) is 6.54 Å². The van der Waals surface area contributed by atoms with Crippen molar-refractivity contribution >= 4 is 5.97 Å². The molecule has 0 spiro atoms. The third kappa shape index (κ3) is 3.21. The molecule has 2 aromatic rings. The largest absolute Gasteiger partial charge is 0.477 e.